The van der Waals surface area contributed by atoms with E-state index in [1.165, 1.54) is 0 Å². The molecule has 6 heteroatoms. The van der Waals surface area contributed by atoms with E-state index < -0.39 is 29.7 Å². The molecular formula is C12H20O6. The third-order valence-electron chi connectivity index (χ3n) is 3.00. The van der Waals surface area contributed by atoms with Crippen LogP contribution >= 0.6 is 0 Å². The van der Waals surface area contributed by atoms with Crippen molar-refractivity contribution in [2.75, 3.05) is 0 Å². The van der Waals surface area contributed by atoms with Crippen molar-refractivity contribution < 1.29 is 29.7 Å². The van der Waals surface area contributed by atoms with Gasteiger partial charge in [-0.05, 0) is 32.1 Å². The fraction of sp³-hybridized carbons (Fsp3) is 0.750. The number of carbonyl (C=O) groups is 3. The van der Waals surface area contributed by atoms with Crippen LogP contribution in [0.15, 0.2) is 0 Å². The number of rotatable bonds is 10. The molecule has 2 atom stereocenters. The first kappa shape index (κ1) is 16.4. The summed E-state index contributed by atoms with van der Waals surface area (Å²) >= 11 is 0. The molecule has 3 N–H and O–H groups in total. The van der Waals surface area contributed by atoms with Crippen LogP contribution in [0, 0.1) is 11.8 Å². The van der Waals surface area contributed by atoms with Crippen LogP contribution in [0.3, 0.4) is 0 Å². The highest BCUT2D eigenvalue weighted by molar-refractivity contribution is 5.71. The number of hydrogen-bond acceptors (Lipinski definition) is 3. The summed E-state index contributed by atoms with van der Waals surface area (Å²) in [5.41, 5.74) is 0. The summed E-state index contributed by atoms with van der Waals surface area (Å²) in [7, 11) is 0. The molecule has 0 aromatic heterocycles. The summed E-state index contributed by atoms with van der Waals surface area (Å²) < 4.78 is 0. The second kappa shape index (κ2) is 8.49. The van der Waals surface area contributed by atoms with Gasteiger partial charge >= 0.3 is 17.9 Å². The van der Waals surface area contributed by atoms with Gasteiger partial charge in [-0.15, -0.1) is 0 Å². The summed E-state index contributed by atoms with van der Waals surface area (Å²) in [5.74, 6) is -4.02. The topological polar surface area (TPSA) is 112 Å². The van der Waals surface area contributed by atoms with E-state index in [9.17, 15) is 14.4 Å². The number of carboxylic acid groups (broad SMARTS) is 3. The molecule has 0 aliphatic carbocycles. The van der Waals surface area contributed by atoms with E-state index >= 15 is 0 Å². The van der Waals surface area contributed by atoms with Crippen molar-refractivity contribution in [3.8, 4) is 0 Å². The molecule has 6 nitrogen and oxygen atoms in total. The Balaban J connectivity index is 4.15. The first-order valence-electron chi connectivity index (χ1n) is 6.05. The summed E-state index contributed by atoms with van der Waals surface area (Å²) in [6.45, 7) is 1.75. The van der Waals surface area contributed by atoms with E-state index in [0.29, 0.717) is 19.3 Å². The van der Waals surface area contributed by atoms with Gasteiger partial charge in [0.2, 0.25) is 0 Å². The lowest BCUT2D eigenvalue weighted by Crippen LogP contribution is -2.19. The highest BCUT2D eigenvalue weighted by atomic mass is 16.4. The van der Waals surface area contributed by atoms with E-state index in [4.69, 9.17) is 15.3 Å². The van der Waals surface area contributed by atoms with Gasteiger partial charge in [0, 0.05) is 6.42 Å². The van der Waals surface area contributed by atoms with E-state index in [1.54, 1.807) is 6.92 Å². The molecule has 0 saturated heterocycles. The van der Waals surface area contributed by atoms with Gasteiger partial charge in [0.05, 0.1) is 11.8 Å². The normalized spacial score (nSPS) is 13.8. The minimum atomic E-state index is -0.986. The minimum Gasteiger partial charge on any atom is -0.481 e. The maximum atomic E-state index is 11.0. The van der Waals surface area contributed by atoms with Gasteiger partial charge in [-0.25, -0.2) is 0 Å². The van der Waals surface area contributed by atoms with E-state index in [-0.39, 0.29) is 19.3 Å². The van der Waals surface area contributed by atoms with Crippen LogP contribution in [-0.2, 0) is 14.4 Å². The van der Waals surface area contributed by atoms with Crippen molar-refractivity contribution >= 4 is 17.9 Å². The zero-order valence-electron chi connectivity index (χ0n) is 10.5. The molecule has 0 bridgehead atoms. The molecule has 104 valence electrons. The van der Waals surface area contributed by atoms with Gasteiger partial charge in [-0.1, -0.05) is 6.92 Å². The molecule has 0 saturated carbocycles. The Morgan fingerprint density at radius 2 is 1.39 bits per heavy atom. The molecule has 2 unspecified atom stereocenters. The monoisotopic (exact) mass is 260 g/mol. The lowest BCUT2D eigenvalue weighted by Gasteiger charge is -2.14. The lowest BCUT2D eigenvalue weighted by atomic mass is 9.91. The molecule has 0 aromatic carbocycles. The Hall–Kier alpha value is -1.59. The smallest absolute Gasteiger partial charge is 0.306 e. The summed E-state index contributed by atoms with van der Waals surface area (Å²) in [6, 6.07) is 0. The van der Waals surface area contributed by atoms with Crippen LogP contribution in [-0.4, -0.2) is 33.2 Å². The fourth-order valence-electron chi connectivity index (χ4n) is 1.80. The molecule has 0 aliphatic heterocycles. The predicted octanol–water partition coefficient (Wildman–Crippen LogP) is 1.83. The van der Waals surface area contributed by atoms with Crippen LogP contribution in [0.2, 0.25) is 0 Å². The van der Waals surface area contributed by atoms with E-state index in [0.717, 1.165) is 0 Å². The van der Waals surface area contributed by atoms with Gasteiger partial charge < -0.3 is 15.3 Å². The summed E-state index contributed by atoms with van der Waals surface area (Å²) in [5, 5.41) is 26.3. The summed E-state index contributed by atoms with van der Waals surface area (Å²) in [6.07, 6.45) is 1.58. The van der Waals surface area contributed by atoms with Crippen molar-refractivity contribution in [1.29, 1.82) is 0 Å². The van der Waals surface area contributed by atoms with Crippen molar-refractivity contribution in [3.05, 3.63) is 0 Å². The average Bonchev–Trinajstić information content (AvgIpc) is 2.26. The van der Waals surface area contributed by atoms with Gasteiger partial charge in [-0.2, -0.15) is 0 Å². The number of hydrogen-bond donors (Lipinski definition) is 3. The zero-order valence-corrected chi connectivity index (χ0v) is 10.5. The average molecular weight is 260 g/mol. The van der Waals surface area contributed by atoms with Crippen molar-refractivity contribution in [1.82, 2.24) is 0 Å². The van der Waals surface area contributed by atoms with Gasteiger partial charge in [-0.3, -0.25) is 14.4 Å². The van der Waals surface area contributed by atoms with E-state index in [1.807, 2.05) is 0 Å². The van der Waals surface area contributed by atoms with Crippen LogP contribution in [0.1, 0.15) is 45.4 Å². The lowest BCUT2D eigenvalue weighted by molar-refractivity contribution is -0.145. The fourth-order valence-corrected chi connectivity index (χ4v) is 1.80. The SMILES string of the molecule is CCC(CCC(CCCC(=O)O)C(=O)O)C(=O)O. The molecular weight excluding hydrogens is 240 g/mol. The Kier molecular flexibility index (Phi) is 7.74. The molecule has 0 rings (SSSR count). The molecule has 0 radical (unpaired) electrons. The van der Waals surface area contributed by atoms with Gasteiger partial charge in [0.15, 0.2) is 0 Å². The Labute approximate surface area is 106 Å². The highest BCUT2D eigenvalue weighted by Gasteiger charge is 2.22. The molecule has 18 heavy (non-hydrogen) atoms. The second-order valence-corrected chi connectivity index (χ2v) is 4.34. The van der Waals surface area contributed by atoms with Gasteiger partial charge in [0.1, 0.15) is 0 Å². The van der Waals surface area contributed by atoms with Crippen molar-refractivity contribution in [2.24, 2.45) is 11.8 Å². The zero-order chi connectivity index (χ0) is 14.1. The maximum absolute atomic E-state index is 11.0. The number of carboxylic acids is 3. The third-order valence-corrected chi connectivity index (χ3v) is 3.00. The second-order valence-electron chi connectivity index (χ2n) is 4.34. The molecule has 0 fully saturated rings. The Morgan fingerprint density at radius 3 is 1.78 bits per heavy atom. The van der Waals surface area contributed by atoms with Crippen LogP contribution < -0.4 is 0 Å². The Morgan fingerprint density at radius 1 is 0.889 bits per heavy atom. The van der Waals surface area contributed by atoms with Crippen LogP contribution in [0.25, 0.3) is 0 Å². The standard InChI is InChI=1S/C12H20O6/c1-2-8(11(15)16)6-7-9(12(17)18)4-3-5-10(13)14/h8-9H,2-7H2,1H3,(H,13,14)(H,15,16)(H,17,18). The summed E-state index contributed by atoms with van der Waals surface area (Å²) in [4.78, 5) is 32.1. The predicted molar refractivity (Wildman–Crippen MR) is 63.3 cm³/mol. The first-order valence-corrected chi connectivity index (χ1v) is 6.05. The van der Waals surface area contributed by atoms with Crippen molar-refractivity contribution in [3.63, 3.8) is 0 Å². The molecule has 0 spiro atoms. The van der Waals surface area contributed by atoms with E-state index in [2.05, 4.69) is 0 Å². The quantitative estimate of drug-likeness (QED) is 0.552. The van der Waals surface area contributed by atoms with Crippen LogP contribution in [0.5, 0.6) is 0 Å². The highest BCUT2D eigenvalue weighted by Crippen LogP contribution is 2.20. The molecule has 0 aromatic rings. The molecule has 0 amide bonds. The number of aliphatic carboxylic acids is 3. The van der Waals surface area contributed by atoms with Crippen molar-refractivity contribution in [2.45, 2.75) is 45.4 Å². The molecule has 0 aliphatic rings. The first-order chi connectivity index (χ1) is 8.38. The molecule has 0 heterocycles. The largest absolute Gasteiger partial charge is 0.481 e. The minimum absolute atomic E-state index is 0.0556. The maximum Gasteiger partial charge on any atom is 0.306 e. The Bertz CT molecular complexity index is 299. The third kappa shape index (κ3) is 6.88. The van der Waals surface area contributed by atoms with Crippen LogP contribution in [0.4, 0.5) is 0 Å². The van der Waals surface area contributed by atoms with Gasteiger partial charge in [0.25, 0.3) is 0 Å².